The molecule has 3 heteroatoms. The highest BCUT2D eigenvalue weighted by atomic mass is 19.2. The standard InChI is InChI=1S/C8H5F3/c9-6-4-2-1-3-5-7(10)8(6)11/h1-5H/b2-1-,3-1?,4-2?,5-3-,6-4+,7-5?,8-6?,8-7-. The Hall–Kier alpha value is -1.25. The van der Waals surface area contributed by atoms with Crippen LogP contribution in [-0.2, 0) is 0 Å². The van der Waals surface area contributed by atoms with Crippen molar-refractivity contribution in [2.75, 3.05) is 0 Å². The first-order valence-electron chi connectivity index (χ1n) is 2.98. The molecule has 0 aromatic heterocycles. The van der Waals surface area contributed by atoms with E-state index in [-0.39, 0.29) is 0 Å². The van der Waals surface area contributed by atoms with E-state index in [0.717, 1.165) is 12.2 Å². The van der Waals surface area contributed by atoms with Crippen LogP contribution >= 0.6 is 0 Å². The third-order valence-corrected chi connectivity index (χ3v) is 1.13. The number of allylic oxidation sites excluding steroid dienone is 8. The molecule has 0 nitrogen and oxygen atoms in total. The summed E-state index contributed by atoms with van der Waals surface area (Å²) in [7, 11) is 0. The molecule has 58 valence electrons. The van der Waals surface area contributed by atoms with Crippen LogP contribution in [0.2, 0.25) is 0 Å². The Kier molecular flexibility index (Phi) is 2.31. The molecular weight excluding hydrogens is 153 g/mol. The van der Waals surface area contributed by atoms with E-state index in [4.69, 9.17) is 0 Å². The zero-order valence-electron chi connectivity index (χ0n) is 5.52. The van der Waals surface area contributed by atoms with Gasteiger partial charge in [0, 0.05) is 0 Å². The van der Waals surface area contributed by atoms with Gasteiger partial charge in [0.1, 0.15) is 0 Å². The van der Waals surface area contributed by atoms with Gasteiger partial charge in [-0.1, -0.05) is 18.2 Å². The summed E-state index contributed by atoms with van der Waals surface area (Å²) in [5, 5.41) is 0. The van der Waals surface area contributed by atoms with E-state index in [9.17, 15) is 13.2 Å². The average Bonchev–Trinajstić information content (AvgIpc) is 2.00. The monoisotopic (exact) mass is 158 g/mol. The Morgan fingerprint density at radius 1 is 0.909 bits per heavy atom. The van der Waals surface area contributed by atoms with Crippen molar-refractivity contribution in [1.29, 1.82) is 0 Å². The third-order valence-electron chi connectivity index (χ3n) is 1.13. The van der Waals surface area contributed by atoms with E-state index in [0.29, 0.717) is 0 Å². The second-order valence-electron chi connectivity index (χ2n) is 1.92. The van der Waals surface area contributed by atoms with E-state index < -0.39 is 17.5 Å². The zero-order chi connectivity index (χ0) is 8.27. The lowest BCUT2D eigenvalue weighted by atomic mass is 10.3. The van der Waals surface area contributed by atoms with Crippen LogP contribution in [0.15, 0.2) is 47.9 Å². The largest absolute Gasteiger partial charge is 0.204 e. The molecule has 0 saturated heterocycles. The summed E-state index contributed by atoms with van der Waals surface area (Å²) < 4.78 is 37.1. The summed E-state index contributed by atoms with van der Waals surface area (Å²) >= 11 is 0. The molecule has 0 amide bonds. The van der Waals surface area contributed by atoms with Crippen LogP contribution in [0.1, 0.15) is 0 Å². The van der Waals surface area contributed by atoms with Gasteiger partial charge in [0.05, 0.1) is 0 Å². The van der Waals surface area contributed by atoms with Crippen molar-refractivity contribution in [2.24, 2.45) is 0 Å². The molecule has 0 spiro atoms. The van der Waals surface area contributed by atoms with Gasteiger partial charge in [0.15, 0.2) is 17.5 Å². The van der Waals surface area contributed by atoms with Crippen LogP contribution in [0.3, 0.4) is 0 Å². The van der Waals surface area contributed by atoms with E-state index in [1.54, 1.807) is 0 Å². The van der Waals surface area contributed by atoms with Crippen LogP contribution < -0.4 is 0 Å². The van der Waals surface area contributed by atoms with Gasteiger partial charge in [-0.25, -0.2) is 13.2 Å². The fourth-order valence-electron chi connectivity index (χ4n) is 0.605. The molecule has 0 N–H and O–H groups in total. The molecule has 0 unspecified atom stereocenters. The van der Waals surface area contributed by atoms with Crippen molar-refractivity contribution < 1.29 is 13.2 Å². The van der Waals surface area contributed by atoms with Gasteiger partial charge < -0.3 is 0 Å². The van der Waals surface area contributed by atoms with Crippen molar-refractivity contribution in [1.82, 2.24) is 0 Å². The topological polar surface area (TPSA) is 0 Å². The quantitative estimate of drug-likeness (QED) is 0.508. The summed E-state index contributed by atoms with van der Waals surface area (Å²) in [4.78, 5) is 0. The van der Waals surface area contributed by atoms with Crippen molar-refractivity contribution in [3.63, 3.8) is 0 Å². The highest BCUT2D eigenvalue weighted by molar-refractivity contribution is 5.34. The zero-order valence-corrected chi connectivity index (χ0v) is 5.52. The average molecular weight is 158 g/mol. The van der Waals surface area contributed by atoms with E-state index in [1.807, 2.05) is 0 Å². The number of rotatable bonds is 0. The summed E-state index contributed by atoms with van der Waals surface area (Å²) in [6, 6.07) is 0. The Morgan fingerprint density at radius 3 is 2.36 bits per heavy atom. The maximum absolute atomic E-state index is 12.4. The molecule has 0 aliphatic heterocycles. The maximum Gasteiger partial charge on any atom is 0.194 e. The predicted molar refractivity (Wildman–Crippen MR) is 36.7 cm³/mol. The van der Waals surface area contributed by atoms with Gasteiger partial charge in [-0.15, -0.1) is 0 Å². The van der Waals surface area contributed by atoms with Crippen LogP contribution in [0.5, 0.6) is 0 Å². The molecule has 0 aromatic rings. The van der Waals surface area contributed by atoms with Gasteiger partial charge in [-0.3, -0.25) is 0 Å². The summed E-state index contributed by atoms with van der Waals surface area (Å²) in [6.07, 6.45) is 5.71. The van der Waals surface area contributed by atoms with E-state index in [1.165, 1.54) is 18.2 Å². The molecule has 0 fully saturated rings. The molecule has 0 aromatic carbocycles. The first-order valence-corrected chi connectivity index (χ1v) is 2.98. The highest BCUT2D eigenvalue weighted by Gasteiger charge is 2.08. The van der Waals surface area contributed by atoms with Crippen molar-refractivity contribution >= 4 is 0 Å². The molecule has 0 bridgehead atoms. The lowest BCUT2D eigenvalue weighted by molar-refractivity contribution is 0.503. The van der Waals surface area contributed by atoms with E-state index >= 15 is 0 Å². The van der Waals surface area contributed by atoms with Crippen molar-refractivity contribution in [2.45, 2.75) is 0 Å². The lowest BCUT2D eigenvalue weighted by Gasteiger charge is -1.94. The molecule has 1 rings (SSSR count). The Balaban J connectivity index is 3.07. The molecule has 0 saturated carbocycles. The molecule has 1 aliphatic rings. The Labute approximate surface area is 62.0 Å². The second kappa shape index (κ2) is 3.23. The fourth-order valence-corrected chi connectivity index (χ4v) is 0.605. The van der Waals surface area contributed by atoms with Gasteiger partial charge in [-0.05, 0) is 12.2 Å². The van der Waals surface area contributed by atoms with Crippen molar-refractivity contribution in [3.8, 4) is 0 Å². The highest BCUT2D eigenvalue weighted by Crippen LogP contribution is 2.20. The lowest BCUT2D eigenvalue weighted by Crippen LogP contribution is -1.80. The van der Waals surface area contributed by atoms with Crippen LogP contribution in [0.4, 0.5) is 13.2 Å². The maximum atomic E-state index is 12.4. The van der Waals surface area contributed by atoms with Gasteiger partial charge in [0.25, 0.3) is 0 Å². The third kappa shape index (κ3) is 1.83. The molecule has 1 aliphatic carbocycles. The van der Waals surface area contributed by atoms with Crippen LogP contribution in [0.25, 0.3) is 0 Å². The molecule has 0 heterocycles. The van der Waals surface area contributed by atoms with Crippen molar-refractivity contribution in [3.05, 3.63) is 47.9 Å². The van der Waals surface area contributed by atoms with Crippen LogP contribution in [-0.4, -0.2) is 0 Å². The number of halogens is 3. The Morgan fingerprint density at radius 2 is 1.64 bits per heavy atom. The fraction of sp³-hybridized carbons (Fsp3) is 0. The minimum atomic E-state index is -1.45. The molecular formula is C8H5F3. The molecule has 0 radical (unpaired) electrons. The summed E-state index contributed by atoms with van der Waals surface area (Å²) in [5.41, 5.74) is 0. The van der Waals surface area contributed by atoms with Crippen LogP contribution in [0, 0.1) is 0 Å². The second-order valence-corrected chi connectivity index (χ2v) is 1.92. The van der Waals surface area contributed by atoms with Gasteiger partial charge >= 0.3 is 0 Å². The molecule has 11 heavy (non-hydrogen) atoms. The van der Waals surface area contributed by atoms with E-state index in [2.05, 4.69) is 0 Å². The normalized spacial score (nSPS) is 35.0. The number of hydrogen-bond acceptors (Lipinski definition) is 0. The smallest absolute Gasteiger partial charge is 0.194 e. The Bertz CT molecular complexity index is 269. The first kappa shape index (κ1) is 7.85. The predicted octanol–water partition coefficient (Wildman–Crippen LogP) is 3.12. The van der Waals surface area contributed by atoms with Gasteiger partial charge in [0.2, 0.25) is 0 Å². The SMILES string of the molecule is FC1=C(F)/C(F)=C\C=C/C=C\1. The first-order chi connectivity index (χ1) is 5.22. The molecule has 0 atom stereocenters. The summed E-state index contributed by atoms with van der Waals surface area (Å²) in [5.74, 6) is -3.84. The number of hydrogen-bond donors (Lipinski definition) is 0. The van der Waals surface area contributed by atoms with Gasteiger partial charge in [-0.2, -0.15) is 0 Å². The minimum Gasteiger partial charge on any atom is -0.204 e. The minimum absolute atomic E-state index is 0.860. The summed E-state index contributed by atoms with van der Waals surface area (Å²) in [6.45, 7) is 0.